The van der Waals surface area contributed by atoms with E-state index in [1.54, 1.807) is 12.3 Å². The fourth-order valence-corrected chi connectivity index (χ4v) is 3.74. The van der Waals surface area contributed by atoms with Gasteiger partial charge in [-0.05, 0) is 41.4 Å². The van der Waals surface area contributed by atoms with E-state index in [0.29, 0.717) is 15.2 Å². The van der Waals surface area contributed by atoms with Crippen LogP contribution in [-0.4, -0.2) is 21.0 Å². The van der Waals surface area contributed by atoms with Gasteiger partial charge >= 0.3 is 0 Å². The highest BCUT2D eigenvalue weighted by Gasteiger charge is 2.24. The topological polar surface area (TPSA) is 96.2 Å². The van der Waals surface area contributed by atoms with Crippen LogP contribution in [0.4, 0.5) is 10.8 Å². The third kappa shape index (κ3) is 2.86. The maximum atomic E-state index is 12.0. The molecular formula is C15H11N5OS2. The molecule has 1 aliphatic heterocycles. The van der Waals surface area contributed by atoms with Gasteiger partial charge in [0.25, 0.3) is 5.91 Å². The Morgan fingerprint density at radius 2 is 2.22 bits per heavy atom. The number of hydrogen-bond donors (Lipinski definition) is 3. The molecule has 6 nitrogen and oxygen atoms in total. The number of carbonyl (C=O) groups excluding carboxylic acids is 1. The Hall–Kier alpha value is -2.58. The Morgan fingerprint density at radius 1 is 1.30 bits per heavy atom. The van der Waals surface area contributed by atoms with Gasteiger partial charge in [0, 0.05) is 17.9 Å². The molecule has 0 radical (unpaired) electrons. The van der Waals surface area contributed by atoms with Crippen LogP contribution in [0.2, 0.25) is 0 Å². The Balaban J connectivity index is 1.60. The Morgan fingerprint density at radius 3 is 3.04 bits per heavy atom. The third-order valence-corrected chi connectivity index (χ3v) is 4.92. The molecule has 1 amide bonds. The maximum absolute atomic E-state index is 12.0. The van der Waals surface area contributed by atoms with Gasteiger partial charge in [-0.1, -0.05) is 17.4 Å². The SMILES string of the molecule is Nc1ncc(/C=C2\SC(=Nc3ccc4cc[nH]c4c3)NC2=O)s1. The monoisotopic (exact) mass is 341 g/mol. The van der Waals surface area contributed by atoms with Gasteiger partial charge in [0.2, 0.25) is 0 Å². The molecule has 0 unspecified atom stereocenters. The summed E-state index contributed by atoms with van der Waals surface area (Å²) in [5.41, 5.74) is 7.39. The highest BCUT2D eigenvalue weighted by molar-refractivity contribution is 8.18. The minimum absolute atomic E-state index is 0.165. The summed E-state index contributed by atoms with van der Waals surface area (Å²) in [6, 6.07) is 7.85. The molecule has 0 bridgehead atoms. The van der Waals surface area contributed by atoms with E-state index < -0.39 is 0 Å². The first kappa shape index (κ1) is 14.0. The van der Waals surface area contributed by atoms with Crippen molar-refractivity contribution in [3.05, 3.63) is 46.4 Å². The maximum Gasteiger partial charge on any atom is 0.264 e. The van der Waals surface area contributed by atoms with Crippen LogP contribution < -0.4 is 11.1 Å². The molecule has 114 valence electrons. The Bertz CT molecular complexity index is 969. The summed E-state index contributed by atoms with van der Waals surface area (Å²) in [4.78, 5) is 25.0. The number of nitrogens with two attached hydrogens (primary N) is 1. The van der Waals surface area contributed by atoms with Crippen molar-refractivity contribution in [3.63, 3.8) is 0 Å². The van der Waals surface area contributed by atoms with Gasteiger partial charge < -0.3 is 16.0 Å². The summed E-state index contributed by atoms with van der Waals surface area (Å²) < 4.78 is 0. The summed E-state index contributed by atoms with van der Waals surface area (Å²) in [5.74, 6) is -0.165. The number of rotatable bonds is 2. The number of benzene rings is 1. The zero-order valence-electron chi connectivity index (χ0n) is 11.7. The average molecular weight is 341 g/mol. The van der Waals surface area contributed by atoms with Crippen LogP contribution in [0.15, 0.2) is 46.6 Å². The molecule has 0 saturated carbocycles. The number of nitrogens with one attached hydrogen (secondary N) is 2. The van der Waals surface area contributed by atoms with Crippen molar-refractivity contribution in [1.82, 2.24) is 15.3 Å². The van der Waals surface area contributed by atoms with Crippen LogP contribution in [0, 0.1) is 0 Å². The largest absolute Gasteiger partial charge is 0.375 e. The van der Waals surface area contributed by atoms with E-state index in [4.69, 9.17) is 5.73 Å². The number of amides is 1. The van der Waals surface area contributed by atoms with Gasteiger partial charge in [0.15, 0.2) is 10.3 Å². The number of thioether (sulfide) groups is 1. The molecular weight excluding hydrogens is 330 g/mol. The van der Waals surface area contributed by atoms with Crippen LogP contribution in [0.25, 0.3) is 17.0 Å². The fourth-order valence-electron chi connectivity index (χ4n) is 2.20. The van der Waals surface area contributed by atoms with Crippen molar-refractivity contribution in [2.75, 3.05) is 5.73 Å². The molecule has 4 N–H and O–H groups in total. The van der Waals surface area contributed by atoms with Crippen molar-refractivity contribution in [1.29, 1.82) is 0 Å². The second-order valence-corrected chi connectivity index (χ2v) is 6.96. The fraction of sp³-hybridized carbons (Fsp3) is 0. The standard InChI is InChI=1S/C15H11N5OS2/c16-14-18-7-10(22-14)6-12-13(21)20-15(23-12)19-9-2-1-8-3-4-17-11(8)5-9/h1-7,17H,(H2,16,18)(H,19,20,21)/b12-6-. The molecule has 1 saturated heterocycles. The van der Waals surface area contributed by atoms with Gasteiger partial charge in [-0.3, -0.25) is 4.79 Å². The van der Waals surface area contributed by atoms with Crippen LogP contribution >= 0.6 is 23.1 Å². The predicted octanol–water partition coefficient (Wildman–Crippen LogP) is 3.10. The molecule has 1 aromatic carbocycles. The van der Waals surface area contributed by atoms with Crippen molar-refractivity contribution < 1.29 is 4.79 Å². The average Bonchev–Trinajstić information content (AvgIpc) is 3.21. The number of thiazole rings is 1. The lowest BCUT2D eigenvalue weighted by atomic mass is 10.2. The lowest BCUT2D eigenvalue weighted by molar-refractivity contribution is -0.115. The molecule has 1 fully saturated rings. The van der Waals surface area contributed by atoms with Gasteiger partial charge in [0.1, 0.15) is 0 Å². The minimum atomic E-state index is -0.165. The number of aromatic nitrogens is 2. The molecule has 3 aromatic rings. The molecule has 8 heteroatoms. The van der Waals surface area contributed by atoms with E-state index in [1.165, 1.54) is 23.1 Å². The number of H-pyrrole nitrogens is 1. The van der Waals surface area contributed by atoms with Crippen molar-refractivity contribution in [2.24, 2.45) is 4.99 Å². The number of hydrogen-bond acceptors (Lipinski definition) is 6. The lowest BCUT2D eigenvalue weighted by Gasteiger charge is -1.97. The van der Waals surface area contributed by atoms with E-state index >= 15 is 0 Å². The number of carbonyl (C=O) groups is 1. The van der Waals surface area contributed by atoms with Gasteiger partial charge in [0.05, 0.1) is 15.5 Å². The van der Waals surface area contributed by atoms with Gasteiger partial charge in [-0.15, -0.1) is 0 Å². The molecule has 0 aliphatic carbocycles. The van der Waals surface area contributed by atoms with Crippen LogP contribution in [-0.2, 0) is 4.79 Å². The van der Waals surface area contributed by atoms with E-state index in [2.05, 4.69) is 20.3 Å². The van der Waals surface area contributed by atoms with Crippen LogP contribution in [0.3, 0.4) is 0 Å². The molecule has 2 aromatic heterocycles. The number of nitrogen functional groups attached to an aromatic ring is 1. The number of fused-ring (bicyclic) bond motifs is 1. The molecule has 0 spiro atoms. The molecule has 23 heavy (non-hydrogen) atoms. The predicted molar refractivity (Wildman–Crippen MR) is 95.6 cm³/mol. The van der Waals surface area contributed by atoms with Crippen LogP contribution in [0.5, 0.6) is 0 Å². The zero-order chi connectivity index (χ0) is 15.8. The lowest BCUT2D eigenvalue weighted by Crippen LogP contribution is -2.19. The Kier molecular flexibility index (Phi) is 3.40. The first-order valence-electron chi connectivity index (χ1n) is 6.75. The number of amidine groups is 1. The summed E-state index contributed by atoms with van der Waals surface area (Å²) in [6.07, 6.45) is 5.30. The Labute approximate surface area is 139 Å². The van der Waals surface area contributed by atoms with Crippen LogP contribution in [0.1, 0.15) is 4.88 Å². The van der Waals surface area contributed by atoms with Crippen molar-refractivity contribution in [2.45, 2.75) is 0 Å². The first-order valence-corrected chi connectivity index (χ1v) is 8.39. The third-order valence-electron chi connectivity index (χ3n) is 3.23. The van der Waals surface area contributed by atoms with Gasteiger partial charge in [-0.25, -0.2) is 9.98 Å². The van der Waals surface area contributed by atoms with Gasteiger partial charge in [-0.2, -0.15) is 0 Å². The summed E-state index contributed by atoms with van der Waals surface area (Å²) in [5, 5.41) is 4.94. The number of aromatic amines is 1. The minimum Gasteiger partial charge on any atom is -0.375 e. The number of anilines is 1. The summed E-state index contributed by atoms with van der Waals surface area (Å²) in [7, 11) is 0. The molecule has 1 aliphatic rings. The quantitative estimate of drug-likeness (QED) is 0.624. The molecule has 0 atom stereocenters. The summed E-state index contributed by atoms with van der Waals surface area (Å²) in [6.45, 7) is 0. The van der Waals surface area contributed by atoms with E-state index in [-0.39, 0.29) is 5.91 Å². The first-order chi connectivity index (χ1) is 11.2. The smallest absolute Gasteiger partial charge is 0.264 e. The van der Waals surface area contributed by atoms with Crippen molar-refractivity contribution >= 4 is 62.0 Å². The normalized spacial score (nSPS) is 18.2. The van der Waals surface area contributed by atoms with E-state index in [1.807, 2.05) is 30.5 Å². The highest BCUT2D eigenvalue weighted by atomic mass is 32.2. The van der Waals surface area contributed by atoms with E-state index in [9.17, 15) is 4.79 Å². The summed E-state index contributed by atoms with van der Waals surface area (Å²) >= 11 is 2.64. The number of aliphatic imine (C=N–C) groups is 1. The molecule has 4 rings (SSSR count). The second kappa shape index (κ2) is 5.56. The van der Waals surface area contributed by atoms with E-state index in [0.717, 1.165) is 21.5 Å². The number of nitrogens with zero attached hydrogens (tertiary/aromatic N) is 2. The molecule has 3 heterocycles. The second-order valence-electron chi connectivity index (χ2n) is 4.83. The van der Waals surface area contributed by atoms with Crippen molar-refractivity contribution in [3.8, 4) is 0 Å². The highest BCUT2D eigenvalue weighted by Crippen LogP contribution is 2.30. The zero-order valence-corrected chi connectivity index (χ0v) is 13.4.